The number of aromatic nitrogens is 1. The van der Waals surface area contributed by atoms with Gasteiger partial charge in [0.2, 0.25) is 0 Å². The van der Waals surface area contributed by atoms with Crippen LogP contribution in [0.1, 0.15) is 15.9 Å². The van der Waals surface area contributed by atoms with Crippen molar-refractivity contribution in [3.8, 4) is 0 Å². The molecule has 0 aliphatic heterocycles. The SMILES string of the molecule is O=C(Nc1nc2cc(Br)ccc2o1)c1cccc(C(F)(F)F)c1. The van der Waals surface area contributed by atoms with Crippen molar-refractivity contribution in [2.24, 2.45) is 0 Å². The van der Waals surface area contributed by atoms with Crippen LogP contribution in [0.4, 0.5) is 19.2 Å². The number of carbonyl (C=O) groups excluding carboxylic acids is 1. The van der Waals surface area contributed by atoms with Crippen LogP contribution in [0, 0.1) is 0 Å². The maximum absolute atomic E-state index is 12.7. The molecule has 2 aromatic carbocycles. The molecule has 0 spiro atoms. The summed E-state index contributed by atoms with van der Waals surface area (Å²) in [6.45, 7) is 0. The van der Waals surface area contributed by atoms with Crippen molar-refractivity contribution in [3.05, 3.63) is 58.1 Å². The van der Waals surface area contributed by atoms with E-state index in [4.69, 9.17) is 4.42 Å². The molecule has 118 valence electrons. The van der Waals surface area contributed by atoms with Crippen LogP contribution in [0.15, 0.2) is 51.4 Å². The number of rotatable bonds is 2. The Bertz CT molecular complexity index is 890. The summed E-state index contributed by atoms with van der Waals surface area (Å²) in [5.41, 5.74) is -0.0684. The number of carbonyl (C=O) groups is 1. The second kappa shape index (κ2) is 5.69. The average molecular weight is 385 g/mol. The minimum absolute atomic E-state index is 0.0829. The standard InChI is InChI=1S/C15H8BrF3N2O2/c16-10-4-5-12-11(7-10)20-14(23-12)21-13(22)8-2-1-3-9(6-8)15(17,18)19/h1-7H,(H,20,21,22). The van der Waals surface area contributed by atoms with Crippen molar-refractivity contribution in [2.45, 2.75) is 6.18 Å². The highest BCUT2D eigenvalue weighted by Crippen LogP contribution is 2.30. The van der Waals surface area contributed by atoms with E-state index in [0.717, 1.165) is 16.6 Å². The molecule has 3 aromatic rings. The number of oxazole rings is 1. The summed E-state index contributed by atoms with van der Waals surface area (Å²) in [5.74, 6) is -0.735. The first-order chi connectivity index (χ1) is 10.8. The molecule has 1 aromatic heterocycles. The van der Waals surface area contributed by atoms with Gasteiger partial charge < -0.3 is 4.42 Å². The number of nitrogens with one attached hydrogen (secondary N) is 1. The Morgan fingerprint density at radius 2 is 1.96 bits per heavy atom. The number of amides is 1. The number of nitrogens with zero attached hydrogens (tertiary/aromatic N) is 1. The Labute approximate surface area is 136 Å². The Morgan fingerprint density at radius 1 is 1.17 bits per heavy atom. The minimum atomic E-state index is -4.51. The Kier molecular flexibility index (Phi) is 3.85. The smallest absolute Gasteiger partial charge is 0.416 e. The summed E-state index contributed by atoms with van der Waals surface area (Å²) in [6, 6.07) is 9.13. The molecule has 4 nitrogen and oxygen atoms in total. The average Bonchev–Trinajstić information content (AvgIpc) is 2.87. The summed E-state index contributed by atoms with van der Waals surface area (Å²) in [6.07, 6.45) is -4.51. The van der Waals surface area contributed by atoms with Crippen LogP contribution < -0.4 is 5.32 Å². The molecule has 0 aliphatic rings. The maximum atomic E-state index is 12.7. The molecule has 1 N–H and O–H groups in total. The molecule has 0 unspecified atom stereocenters. The van der Waals surface area contributed by atoms with Crippen LogP contribution in [0.5, 0.6) is 0 Å². The van der Waals surface area contributed by atoms with Crippen LogP contribution in [-0.4, -0.2) is 10.9 Å². The highest BCUT2D eigenvalue weighted by molar-refractivity contribution is 9.10. The van der Waals surface area contributed by atoms with E-state index in [0.29, 0.717) is 11.1 Å². The predicted molar refractivity (Wildman–Crippen MR) is 81.1 cm³/mol. The van der Waals surface area contributed by atoms with Gasteiger partial charge >= 0.3 is 12.2 Å². The molecule has 8 heteroatoms. The molecule has 0 radical (unpaired) electrons. The van der Waals surface area contributed by atoms with Gasteiger partial charge in [-0.25, -0.2) is 0 Å². The number of fused-ring (bicyclic) bond motifs is 1. The topological polar surface area (TPSA) is 55.1 Å². The van der Waals surface area contributed by atoms with Gasteiger partial charge in [0, 0.05) is 10.0 Å². The fourth-order valence-corrected chi connectivity index (χ4v) is 2.31. The Balaban J connectivity index is 1.85. The molecular weight excluding hydrogens is 377 g/mol. The van der Waals surface area contributed by atoms with Gasteiger partial charge in [-0.15, -0.1) is 0 Å². The predicted octanol–water partition coefficient (Wildman–Crippen LogP) is 4.86. The van der Waals surface area contributed by atoms with Crippen LogP contribution >= 0.6 is 15.9 Å². The highest BCUT2D eigenvalue weighted by Gasteiger charge is 2.31. The van der Waals surface area contributed by atoms with Gasteiger partial charge in [0.1, 0.15) is 5.52 Å². The summed E-state index contributed by atoms with van der Waals surface area (Å²) >= 11 is 3.28. The normalized spacial score (nSPS) is 11.7. The van der Waals surface area contributed by atoms with E-state index in [-0.39, 0.29) is 11.6 Å². The van der Waals surface area contributed by atoms with E-state index in [1.165, 1.54) is 12.1 Å². The molecule has 0 saturated carbocycles. The number of alkyl halides is 3. The molecule has 23 heavy (non-hydrogen) atoms. The summed E-state index contributed by atoms with van der Waals surface area (Å²) in [4.78, 5) is 16.1. The molecule has 0 aliphatic carbocycles. The van der Waals surface area contributed by atoms with Crippen LogP contribution in [0.25, 0.3) is 11.1 Å². The zero-order chi connectivity index (χ0) is 16.6. The van der Waals surface area contributed by atoms with Gasteiger partial charge in [-0.1, -0.05) is 22.0 Å². The molecule has 1 amide bonds. The van der Waals surface area contributed by atoms with Crippen molar-refractivity contribution < 1.29 is 22.4 Å². The van der Waals surface area contributed by atoms with Crippen LogP contribution in [0.2, 0.25) is 0 Å². The van der Waals surface area contributed by atoms with Gasteiger partial charge in [0.25, 0.3) is 5.91 Å². The van der Waals surface area contributed by atoms with Crippen molar-refractivity contribution in [1.29, 1.82) is 0 Å². The van der Waals surface area contributed by atoms with Gasteiger partial charge in [-0.2, -0.15) is 18.2 Å². The number of benzene rings is 2. The number of halogens is 4. The van der Waals surface area contributed by atoms with Crippen molar-refractivity contribution in [1.82, 2.24) is 4.98 Å². The monoisotopic (exact) mass is 384 g/mol. The molecular formula is C15H8BrF3N2O2. The third-order valence-corrected chi connectivity index (χ3v) is 3.52. The van der Waals surface area contributed by atoms with Crippen molar-refractivity contribution >= 4 is 39.0 Å². The van der Waals surface area contributed by atoms with E-state index >= 15 is 0 Å². The minimum Gasteiger partial charge on any atom is -0.423 e. The third-order valence-electron chi connectivity index (χ3n) is 3.02. The summed E-state index contributed by atoms with van der Waals surface area (Å²) in [7, 11) is 0. The first-order valence-corrected chi connectivity index (χ1v) is 7.17. The molecule has 0 saturated heterocycles. The Morgan fingerprint density at radius 3 is 2.70 bits per heavy atom. The zero-order valence-electron chi connectivity index (χ0n) is 11.3. The quantitative estimate of drug-likeness (QED) is 0.686. The van der Waals surface area contributed by atoms with Crippen LogP contribution in [-0.2, 0) is 6.18 Å². The lowest BCUT2D eigenvalue weighted by atomic mass is 10.1. The van der Waals surface area contributed by atoms with E-state index in [2.05, 4.69) is 26.2 Å². The molecule has 1 heterocycles. The van der Waals surface area contributed by atoms with Gasteiger partial charge in [-0.05, 0) is 36.4 Å². The number of hydrogen-bond acceptors (Lipinski definition) is 3. The molecule has 3 rings (SSSR count). The molecule has 0 atom stereocenters. The van der Waals surface area contributed by atoms with E-state index < -0.39 is 17.6 Å². The number of hydrogen-bond donors (Lipinski definition) is 1. The fraction of sp³-hybridized carbons (Fsp3) is 0.0667. The summed E-state index contributed by atoms with van der Waals surface area (Å²) in [5, 5.41) is 2.35. The Hall–Kier alpha value is -2.35. The molecule has 0 fully saturated rings. The van der Waals surface area contributed by atoms with Crippen molar-refractivity contribution in [3.63, 3.8) is 0 Å². The van der Waals surface area contributed by atoms with E-state index in [1.807, 2.05) is 0 Å². The van der Waals surface area contributed by atoms with Gasteiger partial charge in [-0.3, -0.25) is 10.1 Å². The van der Waals surface area contributed by atoms with Gasteiger partial charge in [0.15, 0.2) is 5.58 Å². The second-order valence-corrected chi connectivity index (χ2v) is 5.58. The van der Waals surface area contributed by atoms with Gasteiger partial charge in [0.05, 0.1) is 5.56 Å². The van der Waals surface area contributed by atoms with E-state index in [1.54, 1.807) is 18.2 Å². The summed E-state index contributed by atoms with van der Waals surface area (Å²) < 4.78 is 44.1. The lowest BCUT2D eigenvalue weighted by molar-refractivity contribution is -0.137. The van der Waals surface area contributed by atoms with Crippen molar-refractivity contribution in [2.75, 3.05) is 5.32 Å². The lowest BCUT2D eigenvalue weighted by Crippen LogP contribution is -2.14. The highest BCUT2D eigenvalue weighted by atomic mass is 79.9. The fourth-order valence-electron chi connectivity index (χ4n) is 1.96. The number of anilines is 1. The third kappa shape index (κ3) is 3.37. The first-order valence-electron chi connectivity index (χ1n) is 6.37. The molecule has 0 bridgehead atoms. The lowest BCUT2D eigenvalue weighted by Gasteiger charge is -2.07. The maximum Gasteiger partial charge on any atom is 0.416 e. The van der Waals surface area contributed by atoms with Crippen LogP contribution in [0.3, 0.4) is 0 Å². The van der Waals surface area contributed by atoms with E-state index in [9.17, 15) is 18.0 Å². The first kappa shape index (κ1) is 15.5. The second-order valence-electron chi connectivity index (χ2n) is 4.66. The largest absolute Gasteiger partial charge is 0.423 e. The zero-order valence-corrected chi connectivity index (χ0v) is 12.9.